The van der Waals surface area contributed by atoms with Crippen LogP contribution in [0.5, 0.6) is 0 Å². The summed E-state index contributed by atoms with van der Waals surface area (Å²) in [4.78, 5) is 0. The predicted molar refractivity (Wildman–Crippen MR) is 45.6 cm³/mol. The van der Waals surface area contributed by atoms with Gasteiger partial charge in [0, 0.05) is 5.92 Å². The van der Waals surface area contributed by atoms with Gasteiger partial charge in [-0.05, 0) is 12.8 Å². The second-order valence-corrected chi connectivity index (χ2v) is 3.78. The second-order valence-electron chi connectivity index (χ2n) is 3.78. The third kappa shape index (κ3) is 1.01. The van der Waals surface area contributed by atoms with Gasteiger partial charge in [0.2, 0.25) is 0 Å². The monoisotopic (exact) mass is 170 g/mol. The van der Waals surface area contributed by atoms with Crippen molar-refractivity contribution >= 4 is 0 Å². The molecule has 0 amide bonds. The van der Waals surface area contributed by atoms with E-state index in [1.807, 2.05) is 6.08 Å². The molecule has 5 atom stereocenters. The average Bonchev–Trinajstić information content (AvgIpc) is 2.60. The fourth-order valence-corrected chi connectivity index (χ4v) is 2.52. The quantitative estimate of drug-likeness (QED) is 0.578. The van der Waals surface area contributed by atoms with E-state index < -0.39 is 6.17 Å². The zero-order valence-corrected chi connectivity index (χ0v) is 7.53. The summed E-state index contributed by atoms with van der Waals surface area (Å²) in [6.45, 7) is 3.75. The normalized spacial score (nSPS) is 46.9. The predicted octanol–water partition coefficient (Wildman–Crippen LogP) is 2.32. The lowest BCUT2D eigenvalue weighted by molar-refractivity contribution is 0.0921. The molecule has 2 rings (SSSR count). The van der Waals surface area contributed by atoms with Crippen LogP contribution in [0.3, 0.4) is 0 Å². The van der Waals surface area contributed by atoms with E-state index in [-0.39, 0.29) is 18.1 Å². The van der Waals surface area contributed by atoms with Gasteiger partial charge in [0.25, 0.3) is 0 Å². The maximum Gasteiger partial charge on any atom is 0.103 e. The molecule has 0 aromatic rings. The summed E-state index contributed by atoms with van der Waals surface area (Å²) < 4.78 is 18.8. The highest BCUT2D eigenvalue weighted by atomic mass is 19.1. The molecule has 1 nitrogen and oxygen atoms in total. The van der Waals surface area contributed by atoms with Crippen LogP contribution in [0.1, 0.15) is 20.3 Å². The van der Waals surface area contributed by atoms with Crippen molar-refractivity contribution in [1.29, 1.82) is 0 Å². The van der Waals surface area contributed by atoms with Crippen LogP contribution in [0.2, 0.25) is 0 Å². The van der Waals surface area contributed by atoms with Crippen LogP contribution in [0.4, 0.5) is 4.39 Å². The van der Waals surface area contributed by atoms with Crippen molar-refractivity contribution in [2.75, 3.05) is 0 Å². The minimum atomic E-state index is -0.741. The molecule has 0 aliphatic carbocycles. The van der Waals surface area contributed by atoms with E-state index in [0.29, 0.717) is 5.92 Å². The third-order valence-corrected chi connectivity index (χ3v) is 3.10. The lowest BCUT2D eigenvalue weighted by Crippen LogP contribution is -2.30. The van der Waals surface area contributed by atoms with Crippen LogP contribution in [0.25, 0.3) is 0 Å². The first-order chi connectivity index (χ1) is 5.74. The Labute approximate surface area is 72.6 Å². The molecular weight excluding hydrogens is 155 g/mol. The molecule has 0 aromatic heterocycles. The number of rotatable bonds is 2. The highest BCUT2D eigenvalue weighted by Crippen LogP contribution is 2.43. The molecule has 0 saturated carbocycles. The van der Waals surface area contributed by atoms with E-state index in [2.05, 4.69) is 13.0 Å². The number of halogens is 1. The number of alkyl halides is 1. The molecule has 12 heavy (non-hydrogen) atoms. The van der Waals surface area contributed by atoms with Crippen LogP contribution in [-0.4, -0.2) is 18.4 Å². The number of hydrogen-bond donors (Lipinski definition) is 0. The van der Waals surface area contributed by atoms with E-state index in [4.69, 9.17) is 4.74 Å². The molecule has 5 unspecified atom stereocenters. The summed E-state index contributed by atoms with van der Waals surface area (Å²) in [5.41, 5.74) is 0. The summed E-state index contributed by atoms with van der Waals surface area (Å²) in [7, 11) is 0. The van der Waals surface area contributed by atoms with Gasteiger partial charge in [-0.15, -0.1) is 0 Å². The van der Waals surface area contributed by atoms with Crippen molar-refractivity contribution in [1.82, 2.24) is 0 Å². The molecule has 0 aromatic carbocycles. The lowest BCUT2D eigenvalue weighted by atomic mass is 9.79. The van der Waals surface area contributed by atoms with Crippen molar-refractivity contribution < 1.29 is 9.13 Å². The summed E-state index contributed by atoms with van der Waals surface area (Å²) in [5, 5.41) is 0. The Morgan fingerprint density at radius 2 is 2.08 bits per heavy atom. The van der Waals surface area contributed by atoms with Gasteiger partial charge in [-0.2, -0.15) is 0 Å². The van der Waals surface area contributed by atoms with Gasteiger partial charge >= 0.3 is 0 Å². The van der Waals surface area contributed by atoms with Crippen molar-refractivity contribution in [2.24, 2.45) is 11.8 Å². The Hall–Kier alpha value is -0.370. The summed E-state index contributed by atoms with van der Waals surface area (Å²) in [6, 6.07) is 0. The molecular formula is C10H15FO. The fourth-order valence-electron chi connectivity index (χ4n) is 2.52. The van der Waals surface area contributed by atoms with E-state index in [1.165, 1.54) is 0 Å². The Balaban J connectivity index is 2.17. The fraction of sp³-hybridized carbons (Fsp3) is 0.800. The Bertz CT molecular complexity index is 200. The van der Waals surface area contributed by atoms with Gasteiger partial charge in [-0.3, -0.25) is 0 Å². The first-order valence-corrected chi connectivity index (χ1v) is 4.72. The first-order valence-electron chi connectivity index (χ1n) is 4.72. The van der Waals surface area contributed by atoms with Crippen LogP contribution < -0.4 is 0 Å². The first kappa shape index (κ1) is 8.24. The topological polar surface area (TPSA) is 9.23 Å². The van der Waals surface area contributed by atoms with E-state index in [9.17, 15) is 4.39 Å². The lowest BCUT2D eigenvalue weighted by Gasteiger charge is -2.24. The number of ether oxygens (including phenoxy) is 1. The van der Waals surface area contributed by atoms with Gasteiger partial charge in [-0.25, -0.2) is 4.39 Å². The second kappa shape index (κ2) is 2.84. The minimum Gasteiger partial charge on any atom is -0.366 e. The molecule has 1 fully saturated rings. The van der Waals surface area contributed by atoms with Crippen molar-refractivity contribution in [3.63, 3.8) is 0 Å². The summed E-state index contributed by atoms with van der Waals surface area (Å²) >= 11 is 0. The molecule has 2 aliphatic heterocycles. The molecule has 2 heteroatoms. The Morgan fingerprint density at radius 3 is 2.58 bits per heavy atom. The van der Waals surface area contributed by atoms with E-state index in [1.54, 1.807) is 6.92 Å². The molecule has 0 spiro atoms. The van der Waals surface area contributed by atoms with Crippen LogP contribution in [-0.2, 0) is 4.74 Å². The molecule has 2 aliphatic rings. The Morgan fingerprint density at radius 1 is 1.42 bits per heavy atom. The maximum absolute atomic E-state index is 13.2. The third-order valence-electron chi connectivity index (χ3n) is 3.10. The summed E-state index contributed by atoms with van der Waals surface area (Å²) in [5.74, 6) is 0.505. The molecule has 0 N–H and O–H groups in total. The highest BCUT2D eigenvalue weighted by molar-refractivity contribution is 5.15. The van der Waals surface area contributed by atoms with Crippen molar-refractivity contribution in [2.45, 2.75) is 38.6 Å². The van der Waals surface area contributed by atoms with Gasteiger partial charge < -0.3 is 4.74 Å². The maximum atomic E-state index is 13.2. The van der Waals surface area contributed by atoms with E-state index in [0.717, 1.165) is 6.42 Å². The average molecular weight is 170 g/mol. The largest absolute Gasteiger partial charge is 0.366 e. The standard InChI is InChI=1S/C10H15FO/c1-3-7-8-4-5-9(12-8)10(7)6(2)11/h4-10H,3H2,1-2H3. The van der Waals surface area contributed by atoms with Crippen LogP contribution in [0, 0.1) is 11.8 Å². The van der Waals surface area contributed by atoms with Crippen LogP contribution in [0.15, 0.2) is 12.2 Å². The number of fused-ring (bicyclic) bond motifs is 2. The van der Waals surface area contributed by atoms with E-state index >= 15 is 0 Å². The number of hydrogen-bond acceptors (Lipinski definition) is 1. The molecule has 2 bridgehead atoms. The molecule has 0 radical (unpaired) electrons. The van der Waals surface area contributed by atoms with Crippen molar-refractivity contribution in [3.05, 3.63) is 12.2 Å². The molecule has 68 valence electrons. The zero-order valence-electron chi connectivity index (χ0n) is 7.53. The van der Waals surface area contributed by atoms with Gasteiger partial charge in [0.05, 0.1) is 12.2 Å². The van der Waals surface area contributed by atoms with Crippen LogP contribution >= 0.6 is 0 Å². The zero-order chi connectivity index (χ0) is 8.72. The highest BCUT2D eigenvalue weighted by Gasteiger charge is 2.47. The smallest absolute Gasteiger partial charge is 0.103 e. The van der Waals surface area contributed by atoms with Gasteiger partial charge in [-0.1, -0.05) is 25.5 Å². The summed E-state index contributed by atoms with van der Waals surface area (Å²) in [6.07, 6.45) is 4.62. The molecule has 1 saturated heterocycles. The Kier molecular flexibility index (Phi) is 1.95. The molecule has 2 heterocycles. The SMILES string of the molecule is CCC1C2C=CC(O2)C1C(C)F. The minimum absolute atomic E-state index is 0.0555. The van der Waals surface area contributed by atoms with Gasteiger partial charge in [0.15, 0.2) is 0 Å². The van der Waals surface area contributed by atoms with Crippen molar-refractivity contribution in [3.8, 4) is 0 Å². The van der Waals surface area contributed by atoms with Gasteiger partial charge in [0.1, 0.15) is 6.17 Å².